The summed E-state index contributed by atoms with van der Waals surface area (Å²) in [5, 5.41) is 5.63. The monoisotopic (exact) mass is 376 g/mol. The zero-order valence-corrected chi connectivity index (χ0v) is 16.6. The number of aryl methyl sites for hydroxylation is 4. The second kappa shape index (κ2) is 8.17. The molecule has 1 heterocycles. The highest BCUT2D eigenvalue weighted by Crippen LogP contribution is 2.14. The Bertz CT molecular complexity index is 1060. The number of fused-ring (bicyclic) bond motifs is 1. The van der Waals surface area contributed by atoms with E-state index in [1.807, 2.05) is 39.8 Å². The van der Waals surface area contributed by atoms with Gasteiger partial charge in [0.2, 0.25) is 0 Å². The molecule has 0 saturated carbocycles. The van der Waals surface area contributed by atoms with Crippen LogP contribution in [0.3, 0.4) is 0 Å². The van der Waals surface area contributed by atoms with Crippen LogP contribution >= 0.6 is 0 Å². The molecule has 2 amide bonds. The van der Waals surface area contributed by atoms with E-state index in [2.05, 4.69) is 20.6 Å². The zero-order chi connectivity index (χ0) is 20.3. The van der Waals surface area contributed by atoms with Gasteiger partial charge in [0.05, 0.1) is 22.4 Å². The fourth-order valence-corrected chi connectivity index (χ4v) is 2.81. The van der Waals surface area contributed by atoms with Crippen molar-refractivity contribution >= 4 is 22.8 Å². The van der Waals surface area contributed by atoms with Gasteiger partial charge in [-0.25, -0.2) is 9.97 Å². The third-order valence-electron chi connectivity index (χ3n) is 4.80. The van der Waals surface area contributed by atoms with Crippen molar-refractivity contribution in [3.05, 3.63) is 70.0 Å². The van der Waals surface area contributed by atoms with Crippen molar-refractivity contribution in [2.75, 3.05) is 13.1 Å². The number of nitrogens with zero attached hydrogens (tertiary/aromatic N) is 2. The van der Waals surface area contributed by atoms with E-state index in [0.717, 1.165) is 28.0 Å². The minimum atomic E-state index is -0.206. The number of carbonyl (C=O) groups is 2. The van der Waals surface area contributed by atoms with Crippen molar-refractivity contribution in [3.63, 3.8) is 0 Å². The largest absolute Gasteiger partial charge is 0.350 e. The quantitative estimate of drug-likeness (QED) is 0.671. The highest BCUT2D eigenvalue weighted by molar-refractivity contribution is 5.97. The standard InChI is InChI=1S/C22H24N4O2/c1-13-5-6-17(11-14(13)2)21(27)23-9-10-24-22(28)18-7-8-19-20(12-18)26-16(4)15(3)25-19/h5-8,11-12H,9-10H2,1-4H3,(H,23,27)(H,24,28). The lowest BCUT2D eigenvalue weighted by molar-refractivity contribution is 0.0927. The van der Waals surface area contributed by atoms with Gasteiger partial charge in [-0.15, -0.1) is 0 Å². The van der Waals surface area contributed by atoms with E-state index in [0.29, 0.717) is 29.7 Å². The molecule has 0 aliphatic rings. The Morgan fingerprint density at radius 1 is 0.714 bits per heavy atom. The van der Waals surface area contributed by atoms with Crippen LogP contribution in [0.1, 0.15) is 43.2 Å². The van der Waals surface area contributed by atoms with Gasteiger partial charge in [0.15, 0.2) is 0 Å². The summed E-state index contributed by atoms with van der Waals surface area (Å²) >= 11 is 0. The van der Waals surface area contributed by atoms with Crippen LogP contribution in [0.15, 0.2) is 36.4 Å². The number of carbonyl (C=O) groups excluding carboxylic acids is 2. The molecule has 0 bridgehead atoms. The van der Waals surface area contributed by atoms with Gasteiger partial charge >= 0.3 is 0 Å². The molecule has 0 atom stereocenters. The molecule has 2 aromatic carbocycles. The fraction of sp³-hybridized carbons (Fsp3) is 0.273. The summed E-state index contributed by atoms with van der Waals surface area (Å²) in [5.41, 5.74) is 6.54. The lowest BCUT2D eigenvalue weighted by Gasteiger charge is -2.09. The Kier molecular flexibility index (Phi) is 5.68. The SMILES string of the molecule is Cc1ccc(C(=O)NCCNC(=O)c2ccc3nc(C)c(C)nc3c2)cc1C. The van der Waals surface area contributed by atoms with Crippen molar-refractivity contribution in [1.29, 1.82) is 0 Å². The zero-order valence-electron chi connectivity index (χ0n) is 16.6. The highest BCUT2D eigenvalue weighted by Gasteiger charge is 2.10. The normalized spacial score (nSPS) is 10.7. The Labute approximate surface area is 164 Å². The maximum Gasteiger partial charge on any atom is 0.251 e. The van der Waals surface area contributed by atoms with Crippen LogP contribution in [0.5, 0.6) is 0 Å². The summed E-state index contributed by atoms with van der Waals surface area (Å²) in [6.45, 7) is 8.48. The van der Waals surface area contributed by atoms with Crippen LogP contribution in [0.4, 0.5) is 0 Å². The fourth-order valence-electron chi connectivity index (χ4n) is 2.81. The van der Waals surface area contributed by atoms with Gasteiger partial charge in [0.1, 0.15) is 0 Å². The summed E-state index contributed by atoms with van der Waals surface area (Å²) in [6.07, 6.45) is 0. The van der Waals surface area contributed by atoms with Gasteiger partial charge in [-0.3, -0.25) is 9.59 Å². The Balaban J connectivity index is 1.55. The molecular formula is C22H24N4O2. The summed E-state index contributed by atoms with van der Waals surface area (Å²) < 4.78 is 0. The predicted molar refractivity (Wildman–Crippen MR) is 110 cm³/mol. The summed E-state index contributed by atoms with van der Waals surface area (Å²) in [5.74, 6) is -0.355. The maximum atomic E-state index is 12.4. The number of rotatable bonds is 5. The third kappa shape index (κ3) is 4.34. The molecule has 0 radical (unpaired) electrons. The summed E-state index contributed by atoms with van der Waals surface area (Å²) in [4.78, 5) is 33.5. The molecule has 0 saturated heterocycles. The van der Waals surface area contributed by atoms with Gasteiger partial charge < -0.3 is 10.6 Å². The topological polar surface area (TPSA) is 84.0 Å². The number of hydrogen-bond donors (Lipinski definition) is 2. The van der Waals surface area contributed by atoms with E-state index in [1.54, 1.807) is 24.3 Å². The van der Waals surface area contributed by atoms with Gasteiger partial charge in [0.25, 0.3) is 11.8 Å². The van der Waals surface area contributed by atoms with Crippen LogP contribution in [-0.4, -0.2) is 34.9 Å². The predicted octanol–water partition coefficient (Wildman–Crippen LogP) is 3.02. The molecule has 0 unspecified atom stereocenters. The van der Waals surface area contributed by atoms with Gasteiger partial charge in [-0.1, -0.05) is 6.07 Å². The average molecular weight is 376 g/mol. The van der Waals surface area contributed by atoms with E-state index in [-0.39, 0.29) is 11.8 Å². The third-order valence-corrected chi connectivity index (χ3v) is 4.80. The first-order valence-electron chi connectivity index (χ1n) is 9.24. The molecular weight excluding hydrogens is 352 g/mol. The van der Waals surface area contributed by atoms with Gasteiger partial charge in [0, 0.05) is 24.2 Å². The lowest BCUT2D eigenvalue weighted by Crippen LogP contribution is -2.34. The highest BCUT2D eigenvalue weighted by atomic mass is 16.2. The van der Waals surface area contributed by atoms with Crippen LogP contribution in [0.2, 0.25) is 0 Å². The molecule has 28 heavy (non-hydrogen) atoms. The number of aromatic nitrogens is 2. The lowest BCUT2D eigenvalue weighted by atomic mass is 10.1. The van der Waals surface area contributed by atoms with E-state index < -0.39 is 0 Å². The molecule has 0 spiro atoms. The molecule has 6 nitrogen and oxygen atoms in total. The van der Waals surface area contributed by atoms with Crippen LogP contribution < -0.4 is 10.6 Å². The molecule has 3 rings (SSSR count). The average Bonchev–Trinajstić information content (AvgIpc) is 2.67. The van der Waals surface area contributed by atoms with Crippen molar-refractivity contribution in [2.45, 2.75) is 27.7 Å². The van der Waals surface area contributed by atoms with E-state index >= 15 is 0 Å². The Hall–Kier alpha value is -3.28. The number of nitrogens with one attached hydrogen (secondary N) is 2. The first-order chi connectivity index (χ1) is 13.3. The van der Waals surface area contributed by atoms with Gasteiger partial charge in [-0.05, 0) is 69.2 Å². The molecule has 3 aromatic rings. The van der Waals surface area contributed by atoms with Crippen molar-refractivity contribution in [3.8, 4) is 0 Å². The first-order valence-corrected chi connectivity index (χ1v) is 9.24. The molecule has 144 valence electrons. The molecule has 2 N–H and O–H groups in total. The second-order valence-electron chi connectivity index (χ2n) is 6.91. The van der Waals surface area contributed by atoms with E-state index in [1.165, 1.54) is 0 Å². The molecule has 6 heteroatoms. The number of hydrogen-bond acceptors (Lipinski definition) is 4. The van der Waals surface area contributed by atoms with Crippen LogP contribution in [0.25, 0.3) is 11.0 Å². The minimum absolute atomic E-state index is 0.149. The number of benzene rings is 2. The first kappa shape index (κ1) is 19.5. The van der Waals surface area contributed by atoms with Gasteiger partial charge in [-0.2, -0.15) is 0 Å². The Morgan fingerprint density at radius 2 is 1.25 bits per heavy atom. The van der Waals surface area contributed by atoms with Crippen LogP contribution in [-0.2, 0) is 0 Å². The minimum Gasteiger partial charge on any atom is -0.350 e. The molecule has 0 fully saturated rings. The Morgan fingerprint density at radius 3 is 1.86 bits per heavy atom. The maximum absolute atomic E-state index is 12.4. The number of amides is 2. The van der Waals surface area contributed by atoms with Crippen molar-refractivity contribution in [1.82, 2.24) is 20.6 Å². The smallest absolute Gasteiger partial charge is 0.251 e. The molecule has 1 aromatic heterocycles. The second-order valence-corrected chi connectivity index (χ2v) is 6.91. The van der Waals surface area contributed by atoms with E-state index in [9.17, 15) is 9.59 Å². The van der Waals surface area contributed by atoms with Crippen molar-refractivity contribution < 1.29 is 9.59 Å². The molecule has 0 aliphatic carbocycles. The summed E-state index contributed by atoms with van der Waals surface area (Å²) in [7, 11) is 0. The summed E-state index contributed by atoms with van der Waals surface area (Å²) in [6, 6.07) is 10.9. The molecule has 0 aliphatic heterocycles. The van der Waals surface area contributed by atoms with E-state index in [4.69, 9.17) is 0 Å². The van der Waals surface area contributed by atoms with Crippen molar-refractivity contribution in [2.24, 2.45) is 0 Å². The van der Waals surface area contributed by atoms with Crippen LogP contribution in [0, 0.1) is 27.7 Å².